The second-order valence-corrected chi connectivity index (χ2v) is 12.7. The third-order valence-electron chi connectivity index (χ3n) is 7.27. The van der Waals surface area contributed by atoms with E-state index in [0.717, 1.165) is 34.5 Å². The molecule has 2 aliphatic heterocycles. The zero-order chi connectivity index (χ0) is 26.2. The van der Waals surface area contributed by atoms with Crippen LogP contribution in [0.2, 0.25) is 0 Å². The number of fused-ring (bicyclic) bond motifs is 1. The maximum absolute atomic E-state index is 12.5. The van der Waals surface area contributed by atoms with Gasteiger partial charge >= 0.3 is 6.09 Å². The van der Waals surface area contributed by atoms with Gasteiger partial charge in [0.2, 0.25) is 5.91 Å². The maximum atomic E-state index is 12.5. The molecule has 2 unspecified atom stereocenters. The maximum Gasteiger partial charge on any atom is 0.408 e. The summed E-state index contributed by atoms with van der Waals surface area (Å²) in [7, 11) is -2.40. The topological polar surface area (TPSA) is 105 Å². The third-order valence-corrected chi connectivity index (χ3v) is 8.94. The van der Waals surface area contributed by atoms with Gasteiger partial charge in [-0.15, -0.1) is 12.4 Å². The Morgan fingerprint density at radius 1 is 1.05 bits per heavy atom. The van der Waals surface area contributed by atoms with E-state index in [-0.39, 0.29) is 36.4 Å². The number of hydrogen-bond donors (Lipinski definition) is 3. The Morgan fingerprint density at radius 3 is 2.19 bits per heavy atom. The van der Waals surface area contributed by atoms with Crippen LogP contribution in [0.4, 0.5) is 10.5 Å². The lowest BCUT2D eigenvalue weighted by atomic mass is 9.87. The van der Waals surface area contributed by atoms with Crippen molar-refractivity contribution in [3.63, 3.8) is 0 Å². The predicted molar refractivity (Wildman–Crippen MR) is 152 cm³/mol. The predicted octanol–water partition coefficient (Wildman–Crippen LogP) is 5.92. The first-order chi connectivity index (χ1) is 17.0. The highest BCUT2D eigenvalue weighted by Crippen LogP contribution is 2.43. The molecule has 0 aromatic heterocycles. The molecule has 2 aromatic rings. The zero-order valence-electron chi connectivity index (χ0n) is 21.8. The monoisotopic (exact) mass is 551 g/mol. The first kappa shape index (κ1) is 29.3. The smallest absolute Gasteiger partial charge is 0.408 e. The lowest BCUT2D eigenvalue weighted by Crippen LogP contribution is -2.48. The van der Waals surface area contributed by atoms with Crippen LogP contribution in [-0.4, -0.2) is 72.7 Å². The molecule has 0 bridgehead atoms. The van der Waals surface area contributed by atoms with E-state index in [2.05, 4.69) is 29.2 Å². The van der Waals surface area contributed by atoms with Crippen LogP contribution in [0.15, 0.2) is 42.5 Å². The molecule has 2 aromatic carbocycles. The number of carboxylic acid groups (broad SMARTS) is 1. The van der Waals surface area contributed by atoms with Crippen LogP contribution in [0.25, 0.3) is 11.1 Å². The first-order valence-electron chi connectivity index (χ1n) is 12.5. The molecule has 0 spiro atoms. The molecule has 0 radical (unpaired) electrons. The van der Waals surface area contributed by atoms with Crippen LogP contribution >= 0.6 is 23.0 Å². The highest BCUT2D eigenvalue weighted by Gasteiger charge is 2.38. The average molecular weight is 552 g/mol. The summed E-state index contributed by atoms with van der Waals surface area (Å²) >= 11 is 0. The number of benzene rings is 2. The quantitative estimate of drug-likeness (QED) is 0.426. The fourth-order valence-electron chi connectivity index (χ4n) is 5.45. The van der Waals surface area contributed by atoms with Gasteiger partial charge in [-0.1, -0.05) is 30.3 Å². The van der Waals surface area contributed by atoms with Gasteiger partial charge in [0, 0.05) is 44.3 Å². The standard InChI is InChI=1S/C27H37N3O5S.ClH/c1-18(2)29(27(32)33)26-15-19(3)30(20(4)31)25-10-9-23(16-24(25)26)22-7-5-21(6-8-22)17-28-11-13-36(34,35)14-12-28;/h5-10,16,18-19,26,34-35H,11-15,17H2,1-4H3,(H,32,33);1H. The third kappa shape index (κ3) is 6.41. The lowest BCUT2D eigenvalue weighted by molar-refractivity contribution is -0.117. The lowest BCUT2D eigenvalue weighted by Gasteiger charge is -2.43. The normalized spacial score (nSPS) is 22.1. The number of amides is 2. The van der Waals surface area contributed by atoms with Gasteiger partial charge in [0.05, 0.1) is 17.5 Å². The van der Waals surface area contributed by atoms with Gasteiger partial charge < -0.3 is 10.0 Å². The van der Waals surface area contributed by atoms with Crippen LogP contribution in [0.5, 0.6) is 0 Å². The molecule has 2 aliphatic rings. The van der Waals surface area contributed by atoms with Gasteiger partial charge in [0.15, 0.2) is 0 Å². The molecule has 10 heteroatoms. The Hall–Kier alpha value is -2.30. The summed E-state index contributed by atoms with van der Waals surface area (Å²) in [6.07, 6.45) is -0.418. The molecule has 0 saturated carbocycles. The number of hydrogen-bond acceptors (Lipinski definition) is 5. The molecule has 4 rings (SSSR count). The number of nitrogens with zero attached hydrogens (tertiary/aromatic N) is 3. The fraction of sp³-hybridized carbons (Fsp3) is 0.481. The van der Waals surface area contributed by atoms with Gasteiger partial charge in [0.1, 0.15) is 0 Å². The van der Waals surface area contributed by atoms with E-state index in [0.29, 0.717) is 31.0 Å². The Morgan fingerprint density at radius 2 is 1.65 bits per heavy atom. The molecule has 8 nitrogen and oxygen atoms in total. The molecule has 204 valence electrons. The van der Waals surface area contributed by atoms with Crippen molar-refractivity contribution in [2.45, 2.75) is 58.8 Å². The Kier molecular flexibility index (Phi) is 9.18. The molecule has 37 heavy (non-hydrogen) atoms. The van der Waals surface area contributed by atoms with E-state index >= 15 is 0 Å². The minimum Gasteiger partial charge on any atom is -0.465 e. The summed E-state index contributed by atoms with van der Waals surface area (Å²) in [4.78, 5) is 30.2. The Bertz CT molecular complexity index is 1120. The van der Waals surface area contributed by atoms with Crippen LogP contribution in [0.3, 0.4) is 0 Å². The summed E-state index contributed by atoms with van der Waals surface area (Å²) in [6, 6.07) is 13.6. The molecular weight excluding hydrogens is 514 g/mol. The van der Waals surface area contributed by atoms with Crippen LogP contribution < -0.4 is 4.90 Å². The molecule has 2 heterocycles. The summed E-state index contributed by atoms with van der Waals surface area (Å²) in [5.74, 6) is 0.812. The zero-order valence-corrected chi connectivity index (χ0v) is 23.5. The second kappa shape index (κ2) is 11.6. The molecule has 0 aliphatic carbocycles. The van der Waals surface area contributed by atoms with Gasteiger partial charge in [-0.2, -0.15) is 10.6 Å². The van der Waals surface area contributed by atoms with E-state index in [1.807, 2.05) is 39.0 Å². The minimum atomic E-state index is -2.40. The second-order valence-electron chi connectivity index (χ2n) is 10.2. The molecule has 2 amide bonds. The van der Waals surface area contributed by atoms with E-state index < -0.39 is 16.7 Å². The largest absolute Gasteiger partial charge is 0.465 e. The summed E-state index contributed by atoms with van der Waals surface area (Å²) in [5, 5.41) is 9.98. The van der Waals surface area contributed by atoms with E-state index in [1.54, 1.807) is 11.8 Å². The Balaban J connectivity index is 0.00000380. The molecule has 2 atom stereocenters. The SMILES string of the molecule is CC(=O)N1c2ccc(-c3ccc(CN4CCS(O)(O)CC4)cc3)cc2C(N(C(=O)O)C(C)C)CC1C.Cl. The van der Waals surface area contributed by atoms with Gasteiger partial charge in [-0.3, -0.25) is 23.7 Å². The molecule has 1 saturated heterocycles. The summed E-state index contributed by atoms with van der Waals surface area (Å²) in [6.45, 7) is 9.39. The van der Waals surface area contributed by atoms with E-state index in [1.165, 1.54) is 4.90 Å². The van der Waals surface area contributed by atoms with Crippen molar-refractivity contribution in [3.05, 3.63) is 53.6 Å². The van der Waals surface area contributed by atoms with E-state index in [4.69, 9.17) is 0 Å². The number of halogens is 1. The highest BCUT2D eigenvalue weighted by molar-refractivity contribution is 8.24. The van der Waals surface area contributed by atoms with Crippen molar-refractivity contribution in [2.75, 3.05) is 29.5 Å². The van der Waals surface area contributed by atoms with E-state index in [9.17, 15) is 23.8 Å². The average Bonchev–Trinajstić information content (AvgIpc) is 2.80. The number of carbonyl (C=O) groups excluding carboxylic acids is 1. The first-order valence-corrected chi connectivity index (χ1v) is 14.4. The molecular formula is C27H38ClN3O5S. The summed E-state index contributed by atoms with van der Waals surface area (Å²) < 4.78 is 19.7. The van der Waals surface area contributed by atoms with Crippen molar-refractivity contribution in [1.82, 2.24) is 9.80 Å². The van der Waals surface area contributed by atoms with Gasteiger partial charge in [-0.05, 0) is 61.6 Å². The molecule has 3 N–H and O–H groups in total. The van der Waals surface area contributed by atoms with Crippen LogP contribution in [-0.2, 0) is 11.3 Å². The highest BCUT2D eigenvalue weighted by atomic mass is 35.5. The summed E-state index contributed by atoms with van der Waals surface area (Å²) in [5.41, 5.74) is 4.78. The van der Waals surface area contributed by atoms with Gasteiger partial charge in [-0.25, -0.2) is 4.79 Å². The van der Waals surface area contributed by atoms with Crippen molar-refractivity contribution >= 4 is 40.7 Å². The fourth-order valence-corrected chi connectivity index (χ4v) is 6.76. The van der Waals surface area contributed by atoms with Crippen molar-refractivity contribution in [1.29, 1.82) is 0 Å². The number of rotatable bonds is 5. The number of carbonyl (C=O) groups is 2. The van der Waals surface area contributed by atoms with Crippen LogP contribution in [0, 0.1) is 0 Å². The van der Waals surface area contributed by atoms with Crippen LogP contribution in [0.1, 0.15) is 51.3 Å². The minimum absolute atomic E-state index is 0. The van der Waals surface area contributed by atoms with Crippen molar-refractivity contribution in [2.24, 2.45) is 0 Å². The number of anilines is 1. The molecule has 1 fully saturated rings. The Labute approximate surface area is 227 Å². The van der Waals surface area contributed by atoms with Gasteiger partial charge in [0.25, 0.3) is 0 Å². The van der Waals surface area contributed by atoms with Crippen molar-refractivity contribution in [3.8, 4) is 11.1 Å². The van der Waals surface area contributed by atoms with Crippen molar-refractivity contribution < 1.29 is 23.8 Å².